The minimum Gasteiger partial charge on any atom is -0.380 e. The Bertz CT molecular complexity index is 386. The fourth-order valence-corrected chi connectivity index (χ4v) is 2.86. The van der Waals surface area contributed by atoms with E-state index in [1.54, 1.807) is 0 Å². The number of aryl methyl sites for hydroxylation is 1. The predicted molar refractivity (Wildman–Crippen MR) is 74.6 cm³/mol. The second kappa shape index (κ2) is 5.83. The zero-order valence-electron chi connectivity index (χ0n) is 11.6. The third kappa shape index (κ3) is 2.74. The average Bonchev–Trinajstić information content (AvgIpc) is 2.85. The average molecular weight is 248 g/mol. The molecule has 1 fully saturated rings. The highest BCUT2D eigenvalue weighted by Crippen LogP contribution is 2.28. The van der Waals surface area contributed by atoms with Crippen LogP contribution in [0.4, 0.5) is 0 Å². The lowest BCUT2D eigenvalue weighted by Crippen LogP contribution is -2.43. The largest absolute Gasteiger partial charge is 0.380 e. The minimum atomic E-state index is 0.108. The Morgan fingerprint density at radius 3 is 2.67 bits per heavy atom. The molecule has 1 aliphatic rings. The summed E-state index contributed by atoms with van der Waals surface area (Å²) in [5, 5.41) is 0. The molecule has 3 heteroatoms. The molecule has 3 nitrogen and oxygen atoms in total. The van der Waals surface area contributed by atoms with Crippen LogP contribution in [0.1, 0.15) is 30.5 Å². The fourth-order valence-electron chi connectivity index (χ4n) is 2.86. The first-order chi connectivity index (χ1) is 8.61. The molecule has 1 heterocycles. The van der Waals surface area contributed by atoms with Crippen LogP contribution < -0.4 is 5.73 Å². The Morgan fingerprint density at radius 2 is 2.11 bits per heavy atom. The van der Waals surface area contributed by atoms with E-state index >= 15 is 0 Å². The van der Waals surface area contributed by atoms with Crippen molar-refractivity contribution < 1.29 is 4.74 Å². The van der Waals surface area contributed by atoms with Crippen LogP contribution in [0.3, 0.4) is 0 Å². The van der Waals surface area contributed by atoms with E-state index in [9.17, 15) is 0 Å². The molecular formula is C15H24N2O. The van der Waals surface area contributed by atoms with E-state index in [0.717, 1.165) is 19.6 Å². The van der Waals surface area contributed by atoms with Crippen LogP contribution in [0, 0.1) is 6.92 Å². The van der Waals surface area contributed by atoms with Gasteiger partial charge >= 0.3 is 0 Å². The van der Waals surface area contributed by atoms with E-state index in [2.05, 4.69) is 50.1 Å². The lowest BCUT2D eigenvalue weighted by atomic mass is 9.94. The van der Waals surface area contributed by atoms with E-state index in [0.29, 0.717) is 6.04 Å². The van der Waals surface area contributed by atoms with Crippen molar-refractivity contribution in [2.45, 2.75) is 38.4 Å². The summed E-state index contributed by atoms with van der Waals surface area (Å²) in [5.74, 6) is 0. The van der Waals surface area contributed by atoms with Gasteiger partial charge in [-0.3, -0.25) is 4.90 Å². The molecular weight excluding hydrogens is 224 g/mol. The van der Waals surface area contributed by atoms with E-state index in [4.69, 9.17) is 10.5 Å². The number of hydrogen-bond acceptors (Lipinski definition) is 3. The number of nitrogens with two attached hydrogens (primary N) is 1. The maximum atomic E-state index is 6.22. The predicted octanol–water partition coefficient (Wildman–Crippen LogP) is 2.10. The van der Waals surface area contributed by atoms with Gasteiger partial charge in [-0.05, 0) is 38.4 Å². The second-order valence-corrected chi connectivity index (χ2v) is 5.34. The van der Waals surface area contributed by atoms with Crippen LogP contribution in [-0.2, 0) is 4.74 Å². The van der Waals surface area contributed by atoms with Crippen LogP contribution >= 0.6 is 0 Å². The normalized spacial score (nSPS) is 23.3. The number of ether oxygens (including phenoxy) is 1. The number of benzene rings is 1. The van der Waals surface area contributed by atoms with Gasteiger partial charge in [0.15, 0.2) is 0 Å². The van der Waals surface area contributed by atoms with Gasteiger partial charge in [0, 0.05) is 24.7 Å². The summed E-state index contributed by atoms with van der Waals surface area (Å²) < 4.78 is 5.49. The lowest BCUT2D eigenvalue weighted by Gasteiger charge is -2.36. The first-order valence-corrected chi connectivity index (χ1v) is 6.72. The zero-order chi connectivity index (χ0) is 13.1. The van der Waals surface area contributed by atoms with Crippen LogP contribution in [0.2, 0.25) is 0 Å². The van der Waals surface area contributed by atoms with Gasteiger partial charge in [-0.25, -0.2) is 0 Å². The first kappa shape index (κ1) is 13.5. The van der Waals surface area contributed by atoms with Gasteiger partial charge in [0.05, 0.1) is 6.61 Å². The second-order valence-electron chi connectivity index (χ2n) is 5.34. The maximum absolute atomic E-state index is 6.22. The van der Waals surface area contributed by atoms with Crippen molar-refractivity contribution in [3.8, 4) is 0 Å². The van der Waals surface area contributed by atoms with Crippen LogP contribution in [0.15, 0.2) is 24.3 Å². The van der Waals surface area contributed by atoms with Crippen LogP contribution in [0.5, 0.6) is 0 Å². The van der Waals surface area contributed by atoms with Gasteiger partial charge in [0.1, 0.15) is 0 Å². The van der Waals surface area contributed by atoms with E-state index in [1.165, 1.54) is 11.1 Å². The van der Waals surface area contributed by atoms with E-state index < -0.39 is 0 Å². The number of rotatable bonds is 4. The summed E-state index contributed by atoms with van der Waals surface area (Å²) in [6.45, 7) is 5.94. The summed E-state index contributed by atoms with van der Waals surface area (Å²) in [6, 6.07) is 9.38. The van der Waals surface area contributed by atoms with Crippen molar-refractivity contribution >= 4 is 0 Å². The molecule has 0 saturated carbocycles. The van der Waals surface area contributed by atoms with Crippen molar-refractivity contribution in [2.24, 2.45) is 5.73 Å². The Balaban J connectivity index is 2.25. The smallest absolute Gasteiger partial charge is 0.0622 e. The standard InChI is InChI=1S/C15H24N2O/c1-11-6-4-5-7-14(11)15(12(2)16)17(3)13-8-9-18-10-13/h4-7,12-13,15H,8-10,16H2,1-3H3. The summed E-state index contributed by atoms with van der Waals surface area (Å²) in [4.78, 5) is 2.39. The molecule has 18 heavy (non-hydrogen) atoms. The molecule has 3 unspecified atom stereocenters. The van der Waals surface area contributed by atoms with Gasteiger partial charge in [0.25, 0.3) is 0 Å². The molecule has 0 aromatic heterocycles. The molecule has 1 aromatic carbocycles. The van der Waals surface area contributed by atoms with Gasteiger partial charge in [-0.2, -0.15) is 0 Å². The van der Waals surface area contributed by atoms with Gasteiger partial charge in [0.2, 0.25) is 0 Å². The molecule has 0 aliphatic carbocycles. The number of hydrogen-bond donors (Lipinski definition) is 1. The summed E-state index contributed by atoms with van der Waals surface area (Å²) >= 11 is 0. The molecule has 1 aromatic rings. The van der Waals surface area contributed by atoms with Crippen molar-refractivity contribution in [1.29, 1.82) is 0 Å². The van der Waals surface area contributed by atoms with Gasteiger partial charge in [-0.15, -0.1) is 0 Å². The van der Waals surface area contributed by atoms with E-state index in [-0.39, 0.29) is 12.1 Å². The van der Waals surface area contributed by atoms with E-state index in [1.807, 2.05) is 0 Å². The molecule has 3 atom stereocenters. The third-order valence-electron chi connectivity index (χ3n) is 3.93. The maximum Gasteiger partial charge on any atom is 0.0622 e. The highest BCUT2D eigenvalue weighted by Gasteiger charge is 2.30. The molecule has 0 bridgehead atoms. The van der Waals surface area contributed by atoms with Gasteiger partial charge < -0.3 is 10.5 Å². The van der Waals surface area contributed by atoms with Crippen molar-refractivity contribution in [1.82, 2.24) is 4.90 Å². The number of likely N-dealkylation sites (N-methyl/N-ethyl adjacent to an activating group) is 1. The lowest BCUT2D eigenvalue weighted by molar-refractivity contribution is 0.122. The topological polar surface area (TPSA) is 38.5 Å². The molecule has 0 radical (unpaired) electrons. The summed E-state index contributed by atoms with van der Waals surface area (Å²) in [7, 11) is 2.17. The van der Waals surface area contributed by atoms with Crippen molar-refractivity contribution in [3.63, 3.8) is 0 Å². The SMILES string of the molecule is Cc1ccccc1C(C(C)N)N(C)C1CCOC1. The summed E-state index contributed by atoms with van der Waals surface area (Å²) in [5.41, 5.74) is 8.87. The quantitative estimate of drug-likeness (QED) is 0.887. The third-order valence-corrected chi connectivity index (χ3v) is 3.93. The van der Waals surface area contributed by atoms with Crippen molar-refractivity contribution in [3.05, 3.63) is 35.4 Å². The molecule has 1 aliphatic heterocycles. The summed E-state index contributed by atoms with van der Waals surface area (Å²) in [6.07, 6.45) is 1.10. The highest BCUT2D eigenvalue weighted by molar-refractivity contribution is 5.30. The molecule has 1 saturated heterocycles. The molecule has 100 valence electrons. The fraction of sp³-hybridized carbons (Fsp3) is 0.600. The minimum absolute atomic E-state index is 0.108. The first-order valence-electron chi connectivity index (χ1n) is 6.72. The Kier molecular flexibility index (Phi) is 4.38. The van der Waals surface area contributed by atoms with Crippen LogP contribution in [0.25, 0.3) is 0 Å². The number of nitrogens with zero attached hydrogens (tertiary/aromatic N) is 1. The monoisotopic (exact) mass is 248 g/mol. The molecule has 2 N–H and O–H groups in total. The molecule has 2 rings (SSSR count). The highest BCUT2D eigenvalue weighted by atomic mass is 16.5. The van der Waals surface area contributed by atoms with Crippen molar-refractivity contribution in [2.75, 3.05) is 20.3 Å². The van der Waals surface area contributed by atoms with Gasteiger partial charge in [-0.1, -0.05) is 24.3 Å². The Labute approximate surface area is 110 Å². The Morgan fingerprint density at radius 1 is 1.39 bits per heavy atom. The Hall–Kier alpha value is -0.900. The van der Waals surface area contributed by atoms with Crippen LogP contribution in [-0.4, -0.2) is 37.2 Å². The zero-order valence-corrected chi connectivity index (χ0v) is 11.6. The molecule has 0 spiro atoms. The molecule has 0 amide bonds.